The van der Waals surface area contributed by atoms with Gasteiger partial charge in [-0.05, 0) is 44.9 Å². The molecule has 0 radical (unpaired) electrons. The molecule has 1 aromatic carbocycles. The van der Waals surface area contributed by atoms with Crippen LogP contribution in [0.2, 0.25) is 0 Å². The normalized spacial score (nSPS) is 11.2. The highest BCUT2D eigenvalue weighted by atomic mass is 32.2. The molecule has 0 aliphatic heterocycles. The molecule has 0 spiro atoms. The molecule has 1 aromatic heterocycles. The number of para-hydroxylation sites is 1. The first-order valence-electron chi connectivity index (χ1n) is 5.88. The third-order valence-corrected chi connectivity index (χ3v) is 3.78. The zero-order valence-corrected chi connectivity index (χ0v) is 11.2. The first-order chi connectivity index (χ1) is 8.27. The molecule has 0 atom stereocenters. The monoisotopic (exact) mass is 246 g/mol. The van der Waals surface area contributed by atoms with Crippen molar-refractivity contribution in [2.45, 2.75) is 11.3 Å². The predicted molar refractivity (Wildman–Crippen MR) is 75.6 cm³/mol. The Kier molecular flexibility index (Phi) is 4.40. The molecule has 90 valence electrons. The molecule has 0 saturated heterocycles. The van der Waals surface area contributed by atoms with Gasteiger partial charge in [0, 0.05) is 16.5 Å². The molecule has 0 amide bonds. The molecular formula is C14H18N2S. The summed E-state index contributed by atoms with van der Waals surface area (Å²) >= 11 is 1.93. The highest BCUT2D eigenvalue weighted by molar-refractivity contribution is 7.99. The van der Waals surface area contributed by atoms with Crippen LogP contribution in [0.4, 0.5) is 0 Å². The van der Waals surface area contributed by atoms with Crippen LogP contribution in [-0.4, -0.2) is 36.3 Å². The van der Waals surface area contributed by atoms with Crippen molar-refractivity contribution in [3.8, 4) is 0 Å². The number of hydrogen-bond donors (Lipinski definition) is 0. The average Bonchev–Trinajstić information content (AvgIpc) is 2.34. The number of hydrogen-bond acceptors (Lipinski definition) is 3. The lowest BCUT2D eigenvalue weighted by Crippen LogP contribution is -2.13. The van der Waals surface area contributed by atoms with Crippen molar-refractivity contribution in [3.63, 3.8) is 0 Å². The molecule has 0 saturated carbocycles. The second-order valence-corrected chi connectivity index (χ2v) is 5.47. The summed E-state index contributed by atoms with van der Waals surface area (Å²) < 4.78 is 0. The van der Waals surface area contributed by atoms with Crippen LogP contribution in [0.3, 0.4) is 0 Å². The van der Waals surface area contributed by atoms with Gasteiger partial charge >= 0.3 is 0 Å². The van der Waals surface area contributed by atoms with Crippen LogP contribution >= 0.6 is 11.8 Å². The average molecular weight is 246 g/mol. The molecule has 17 heavy (non-hydrogen) atoms. The van der Waals surface area contributed by atoms with E-state index < -0.39 is 0 Å². The summed E-state index contributed by atoms with van der Waals surface area (Å²) in [6.07, 6.45) is 3.12. The Labute approximate surface area is 107 Å². The van der Waals surface area contributed by atoms with Gasteiger partial charge in [0.15, 0.2) is 0 Å². The summed E-state index contributed by atoms with van der Waals surface area (Å²) in [4.78, 5) is 7.95. The van der Waals surface area contributed by atoms with E-state index in [-0.39, 0.29) is 0 Å². The van der Waals surface area contributed by atoms with E-state index in [2.05, 4.69) is 48.2 Å². The van der Waals surface area contributed by atoms with Crippen LogP contribution in [0, 0.1) is 0 Å². The van der Waals surface area contributed by atoms with Gasteiger partial charge in [0.1, 0.15) is 0 Å². The summed E-state index contributed by atoms with van der Waals surface area (Å²) in [5.74, 6) is 1.16. The van der Waals surface area contributed by atoms with Gasteiger partial charge in [-0.2, -0.15) is 0 Å². The van der Waals surface area contributed by atoms with E-state index in [1.807, 2.05) is 24.0 Å². The first-order valence-corrected chi connectivity index (χ1v) is 6.87. The van der Waals surface area contributed by atoms with E-state index in [1.54, 1.807) is 0 Å². The number of thioether (sulfide) groups is 1. The first kappa shape index (κ1) is 12.4. The van der Waals surface area contributed by atoms with Crippen molar-refractivity contribution >= 4 is 22.7 Å². The van der Waals surface area contributed by atoms with Crippen LogP contribution in [0.25, 0.3) is 10.9 Å². The van der Waals surface area contributed by atoms with Gasteiger partial charge in [0.2, 0.25) is 0 Å². The molecule has 0 aliphatic carbocycles. The van der Waals surface area contributed by atoms with E-state index in [9.17, 15) is 0 Å². The summed E-state index contributed by atoms with van der Waals surface area (Å²) in [7, 11) is 4.24. The Hall–Kier alpha value is -1.06. The van der Waals surface area contributed by atoms with Crippen molar-refractivity contribution in [1.29, 1.82) is 0 Å². The van der Waals surface area contributed by atoms with Crippen molar-refractivity contribution in [2.75, 3.05) is 26.4 Å². The van der Waals surface area contributed by atoms with Crippen LogP contribution in [0.15, 0.2) is 41.4 Å². The number of pyridine rings is 1. The van der Waals surface area contributed by atoms with Crippen LogP contribution in [-0.2, 0) is 0 Å². The third-order valence-electron chi connectivity index (χ3n) is 2.62. The van der Waals surface area contributed by atoms with Gasteiger partial charge in [-0.3, -0.25) is 4.98 Å². The molecule has 0 bridgehead atoms. The lowest BCUT2D eigenvalue weighted by Gasteiger charge is -2.09. The summed E-state index contributed by atoms with van der Waals surface area (Å²) in [5, 5.41) is 1.27. The number of rotatable bonds is 5. The van der Waals surface area contributed by atoms with Gasteiger partial charge in [-0.25, -0.2) is 0 Å². The standard InChI is InChI=1S/C14H18N2S/c1-16(2)10-5-11-17-14-8-9-15-13-7-4-3-6-12(13)14/h3-4,6-9H,5,10-11H2,1-2H3. The minimum Gasteiger partial charge on any atom is -0.309 e. The second-order valence-electron chi connectivity index (χ2n) is 4.33. The van der Waals surface area contributed by atoms with E-state index in [4.69, 9.17) is 0 Å². The van der Waals surface area contributed by atoms with Crippen LogP contribution in [0.5, 0.6) is 0 Å². The molecule has 0 fully saturated rings. The maximum Gasteiger partial charge on any atom is 0.0713 e. The third kappa shape index (κ3) is 3.45. The zero-order valence-electron chi connectivity index (χ0n) is 10.4. The summed E-state index contributed by atoms with van der Waals surface area (Å²) in [6.45, 7) is 1.15. The molecule has 0 N–H and O–H groups in total. The van der Waals surface area contributed by atoms with Crippen molar-refractivity contribution < 1.29 is 0 Å². The van der Waals surface area contributed by atoms with Gasteiger partial charge in [-0.15, -0.1) is 11.8 Å². The molecule has 0 unspecified atom stereocenters. The molecule has 3 heteroatoms. The quantitative estimate of drug-likeness (QED) is 0.595. The maximum absolute atomic E-state index is 4.38. The van der Waals surface area contributed by atoms with Gasteiger partial charge < -0.3 is 4.90 Å². The largest absolute Gasteiger partial charge is 0.309 e. The number of fused-ring (bicyclic) bond motifs is 1. The summed E-state index contributed by atoms with van der Waals surface area (Å²) in [6, 6.07) is 10.4. The molecule has 0 aliphatic rings. The minimum atomic E-state index is 1.09. The van der Waals surface area contributed by atoms with E-state index >= 15 is 0 Å². The predicted octanol–water partition coefficient (Wildman–Crippen LogP) is 3.28. The molecule has 2 rings (SSSR count). The zero-order chi connectivity index (χ0) is 12.1. The minimum absolute atomic E-state index is 1.09. The van der Waals surface area contributed by atoms with E-state index in [0.29, 0.717) is 0 Å². The topological polar surface area (TPSA) is 16.1 Å². The molecule has 2 nitrogen and oxygen atoms in total. The Morgan fingerprint density at radius 3 is 2.82 bits per heavy atom. The fourth-order valence-electron chi connectivity index (χ4n) is 1.76. The molecule has 2 aromatic rings. The van der Waals surface area contributed by atoms with E-state index in [1.165, 1.54) is 16.7 Å². The number of nitrogens with zero attached hydrogens (tertiary/aromatic N) is 2. The highest BCUT2D eigenvalue weighted by Gasteiger charge is 2.01. The lowest BCUT2D eigenvalue weighted by atomic mass is 10.2. The molecular weight excluding hydrogens is 228 g/mol. The Balaban J connectivity index is 2.03. The smallest absolute Gasteiger partial charge is 0.0713 e. The van der Waals surface area contributed by atoms with Crippen LogP contribution < -0.4 is 0 Å². The maximum atomic E-state index is 4.38. The van der Waals surface area contributed by atoms with Crippen molar-refractivity contribution in [3.05, 3.63) is 36.5 Å². The fraction of sp³-hybridized carbons (Fsp3) is 0.357. The SMILES string of the molecule is CN(C)CCCSc1ccnc2ccccc12. The number of aromatic nitrogens is 1. The van der Waals surface area contributed by atoms with Crippen molar-refractivity contribution in [2.24, 2.45) is 0 Å². The van der Waals surface area contributed by atoms with E-state index in [0.717, 1.165) is 17.8 Å². The lowest BCUT2D eigenvalue weighted by molar-refractivity contribution is 0.410. The number of benzene rings is 1. The molecule has 1 heterocycles. The Morgan fingerprint density at radius 1 is 1.18 bits per heavy atom. The van der Waals surface area contributed by atoms with Crippen LogP contribution in [0.1, 0.15) is 6.42 Å². The van der Waals surface area contributed by atoms with Gasteiger partial charge in [0.25, 0.3) is 0 Å². The van der Waals surface area contributed by atoms with Gasteiger partial charge in [0.05, 0.1) is 5.52 Å². The van der Waals surface area contributed by atoms with Crippen molar-refractivity contribution in [1.82, 2.24) is 9.88 Å². The van der Waals surface area contributed by atoms with Gasteiger partial charge in [-0.1, -0.05) is 18.2 Å². The Morgan fingerprint density at radius 2 is 2.00 bits per heavy atom. The summed E-state index contributed by atoms with van der Waals surface area (Å²) in [5.41, 5.74) is 1.09. The highest BCUT2D eigenvalue weighted by Crippen LogP contribution is 2.26. The Bertz CT molecular complexity index is 477. The fourth-order valence-corrected chi connectivity index (χ4v) is 2.74. The second kappa shape index (κ2) is 6.03.